The van der Waals surface area contributed by atoms with Gasteiger partial charge in [0.2, 0.25) is 5.95 Å². The van der Waals surface area contributed by atoms with Gasteiger partial charge >= 0.3 is 0 Å². The molecule has 27 heavy (non-hydrogen) atoms. The lowest BCUT2D eigenvalue weighted by molar-refractivity contribution is 1.06. The Morgan fingerprint density at radius 2 is 1.63 bits per heavy atom. The van der Waals surface area contributed by atoms with Gasteiger partial charge in [0, 0.05) is 17.4 Å². The first kappa shape index (κ1) is 18.4. The van der Waals surface area contributed by atoms with Crippen molar-refractivity contribution < 1.29 is 0 Å². The van der Waals surface area contributed by atoms with E-state index in [1.807, 2.05) is 31.2 Å². The van der Waals surface area contributed by atoms with E-state index in [1.165, 1.54) is 11.1 Å². The lowest BCUT2D eigenvalue weighted by atomic mass is 10.0. The zero-order chi connectivity index (χ0) is 19.2. The monoisotopic (exact) mass is 357 g/mol. The molecular weight excluding hydrogens is 334 g/mol. The smallest absolute Gasteiger partial charge is 0.229 e. The van der Waals surface area contributed by atoms with E-state index in [1.54, 1.807) is 6.07 Å². The van der Waals surface area contributed by atoms with Crippen LogP contribution in [0, 0.1) is 18.3 Å². The average Bonchev–Trinajstić information content (AvgIpc) is 2.68. The Hall–Kier alpha value is -3.39. The summed E-state index contributed by atoms with van der Waals surface area (Å²) in [7, 11) is 0. The molecule has 2 N–H and O–H groups in total. The van der Waals surface area contributed by atoms with Crippen LogP contribution >= 0.6 is 0 Å². The summed E-state index contributed by atoms with van der Waals surface area (Å²) in [6.07, 6.45) is 1.87. The Kier molecular flexibility index (Phi) is 5.68. The number of benzene rings is 2. The summed E-state index contributed by atoms with van der Waals surface area (Å²) in [5.74, 6) is 1.20. The van der Waals surface area contributed by atoms with Crippen LogP contribution in [0.25, 0.3) is 0 Å². The Balaban J connectivity index is 1.94. The number of hydrogen-bond donors (Lipinski definition) is 2. The van der Waals surface area contributed by atoms with Crippen molar-refractivity contribution in [2.75, 3.05) is 10.6 Å². The predicted octanol–water partition coefficient (Wildman–Crippen LogP) is 5.27. The van der Waals surface area contributed by atoms with E-state index in [2.05, 4.69) is 58.7 Å². The van der Waals surface area contributed by atoms with Crippen molar-refractivity contribution in [1.82, 2.24) is 9.97 Å². The molecule has 0 aliphatic rings. The van der Waals surface area contributed by atoms with Gasteiger partial charge < -0.3 is 10.6 Å². The molecule has 5 nitrogen and oxygen atoms in total. The fourth-order valence-electron chi connectivity index (χ4n) is 3.03. The molecule has 0 saturated heterocycles. The van der Waals surface area contributed by atoms with Gasteiger partial charge in [-0.15, -0.1) is 0 Å². The van der Waals surface area contributed by atoms with E-state index < -0.39 is 0 Å². The SMILES string of the molecule is CCc1cccc(CC)c1Nc1nc(C)cc(Nc2ccccc2C#N)n1. The van der Waals surface area contributed by atoms with Crippen LogP contribution in [-0.4, -0.2) is 9.97 Å². The second-order valence-electron chi connectivity index (χ2n) is 6.28. The molecule has 0 atom stereocenters. The minimum absolute atomic E-state index is 0.544. The Bertz CT molecular complexity index is 966. The van der Waals surface area contributed by atoms with Crippen LogP contribution in [0.15, 0.2) is 48.5 Å². The molecular formula is C22H23N5. The number of hydrogen-bond acceptors (Lipinski definition) is 5. The van der Waals surface area contributed by atoms with Gasteiger partial charge in [0.15, 0.2) is 0 Å². The van der Waals surface area contributed by atoms with Crippen LogP contribution in [0.5, 0.6) is 0 Å². The molecule has 0 saturated carbocycles. The molecule has 0 unspecified atom stereocenters. The number of anilines is 4. The first-order chi connectivity index (χ1) is 13.1. The van der Waals surface area contributed by atoms with Crippen LogP contribution in [0.3, 0.4) is 0 Å². The minimum atomic E-state index is 0.544. The second-order valence-corrected chi connectivity index (χ2v) is 6.28. The summed E-state index contributed by atoms with van der Waals surface area (Å²) in [4.78, 5) is 9.14. The highest BCUT2D eigenvalue weighted by Crippen LogP contribution is 2.26. The Labute approximate surface area is 160 Å². The van der Waals surface area contributed by atoms with Crippen LogP contribution in [0.1, 0.15) is 36.2 Å². The zero-order valence-corrected chi connectivity index (χ0v) is 15.9. The third kappa shape index (κ3) is 4.24. The number of aryl methyl sites for hydroxylation is 3. The molecule has 0 bridgehead atoms. The van der Waals surface area contributed by atoms with Crippen molar-refractivity contribution in [2.24, 2.45) is 0 Å². The van der Waals surface area contributed by atoms with Gasteiger partial charge in [0.25, 0.3) is 0 Å². The normalized spacial score (nSPS) is 10.3. The average molecular weight is 357 g/mol. The highest BCUT2D eigenvalue weighted by molar-refractivity contribution is 5.67. The maximum atomic E-state index is 9.28. The van der Waals surface area contributed by atoms with E-state index in [4.69, 9.17) is 0 Å². The van der Waals surface area contributed by atoms with E-state index in [0.717, 1.165) is 29.9 Å². The molecule has 136 valence electrons. The van der Waals surface area contributed by atoms with Crippen molar-refractivity contribution in [2.45, 2.75) is 33.6 Å². The lowest BCUT2D eigenvalue weighted by Gasteiger charge is -2.15. The summed E-state index contributed by atoms with van der Waals surface area (Å²) < 4.78 is 0. The highest BCUT2D eigenvalue weighted by atomic mass is 15.1. The van der Waals surface area contributed by atoms with Gasteiger partial charge in [-0.25, -0.2) is 4.98 Å². The van der Waals surface area contributed by atoms with E-state index >= 15 is 0 Å². The van der Waals surface area contributed by atoms with Crippen LogP contribution in [0.4, 0.5) is 23.1 Å². The van der Waals surface area contributed by atoms with Crippen LogP contribution in [0.2, 0.25) is 0 Å². The first-order valence-corrected chi connectivity index (χ1v) is 9.14. The van der Waals surface area contributed by atoms with Gasteiger partial charge in [-0.05, 0) is 43.0 Å². The van der Waals surface area contributed by atoms with Gasteiger partial charge in [-0.1, -0.05) is 44.2 Å². The Morgan fingerprint density at radius 3 is 2.30 bits per heavy atom. The third-order valence-corrected chi connectivity index (χ3v) is 4.40. The predicted molar refractivity (Wildman–Crippen MR) is 110 cm³/mol. The van der Waals surface area contributed by atoms with Crippen molar-refractivity contribution >= 4 is 23.1 Å². The van der Waals surface area contributed by atoms with Gasteiger partial charge in [0.05, 0.1) is 11.3 Å². The lowest BCUT2D eigenvalue weighted by Crippen LogP contribution is -2.06. The number of aromatic nitrogens is 2. The Morgan fingerprint density at radius 1 is 0.926 bits per heavy atom. The quantitative estimate of drug-likeness (QED) is 0.629. The number of rotatable bonds is 6. The number of nitrogens with zero attached hydrogens (tertiary/aromatic N) is 3. The second kappa shape index (κ2) is 8.33. The standard InChI is InChI=1S/C22H23N5/c1-4-16-10-8-11-17(5-2)21(16)27-22-24-15(3)13-20(26-22)25-19-12-7-6-9-18(19)14-23/h6-13H,4-5H2,1-3H3,(H2,24,25,26,27). The number of nitrogens with one attached hydrogen (secondary N) is 2. The molecule has 0 aliphatic heterocycles. The minimum Gasteiger partial charge on any atom is -0.339 e. The molecule has 3 rings (SSSR count). The van der Waals surface area contributed by atoms with E-state index in [-0.39, 0.29) is 0 Å². The fraction of sp³-hybridized carbons (Fsp3) is 0.227. The molecule has 5 heteroatoms. The zero-order valence-electron chi connectivity index (χ0n) is 15.9. The van der Waals surface area contributed by atoms with Gasteiger partial charge in [-0.2, -0.15) is 10.2 Å². The maximum Gasteiger partial charge on any atom is 0.229 e. The van der Waals surface area contributed by atoms with Crippen molar-refractivity contribution in [3.8, 4) is 6.07 Å². The fourth-order valence-corrected chi connectivity index (χ4v) is 3.03. The van der Waals surface area contributed by atoms with Crippen molar-refractivity contribution in [3.63, 3.8) is 0 Å². The summed E-state index contributed by atoms with van der Waals surface area (Å²) in [5.41, 5.74) is 5.71. The van der Waals surface area contributed by atoms with E-state index in [9.17, 15) is 5.26 Å². The molecule has 0 spiro atoms. The summed E-state index contributed by atoms with van der Waals surface area (Å²) >= 11 is 0. The van der Waals surface area contributed by atoms with Gasteiger partial charge in [0.1, 0.15) is 11.9 Å². The molecule has 0 aliphatic carbocycles. The highest BCUT2D eigenvalue weighted by Gasteiger charge is 2.10. The topological polar surface area (TPSA) is 73.6 Å². The van der Waals surface area contributed by atoms with Gasteiger partial charge in [-0.3, -0.25) is 0 Å². The van der Waals surface area contributed by atoms with Crippen LogP contribution < -0.4 is 10.6 Å². The molecule has 0 fully saturated rings. The molecule has 0 radical (unpaired) electrons. The van der Waals surface area contributed by atoms with Crippen molar-refractivity contribution in [1.29, 1.82) is 5.26 Å². The summed E-state index contributed by atoms with van der Waals surface area (Å²) in [6.45, 7) is 6.21. The molecule has 3 aromatic rings. The largest absolute Gasteiger partial charge is 0.339 e. The number of nitriles is 1. The first-order valence-electron chi connectivity index (χ1n) is 9.14. The van der Waals surface area contributed by atoms with Crippen molar-refractivity contribution in [3.05, 3.63) is 70.9 Å². The molecule has 1 aromatic heterocycles. The van der Waals surface area contributed by atoms with E-state index in [0.29, 0.717) is 17.3 Å². The van der Waals surface area contributed by atoms with Crippen LogP contribution in [-0.2, 0) is 12.8 Å². The maximum absolute atomic E-state index is 9.28. The summed E-state index contributed by atoms with van der Waals surface area (Å²) in [6, 6.07) is 17.8. The molecule has 2 aromatic carbocycles. The molecule has 0 amide bonds. The third-order valence-electron chi connectivity index (χ3n) is 4.40. The summed E-state index contributed by atoms with van der Waals surface area (Å²) in [5, 5.41) is 15.9. The number of para-hydroxylation sites is 2. The molecule has 1 heterocycles.